The highest BCUT2D eigenvalue weighted by Gasteiger charge is 2.20. The number of rotatable bonds is 10. The minimum absolute atomic E-state index is 0.0926. The molecule has 0 spiro atoms. The fourth-order valence-electron chi connectivity index (χ4n) is 3.73. The van der Waals surface area contributed by atoms with E-state index in [2.05, 4.69) is 32.5 Å². The van der Waals surface area contributed by atoms with E-state index in [0.717, 1.165) is 12.1 Å². The molecule has 4 rings (SSSR count). The normalized spacial score (nSPS) is 12.0. The van der Waals surface area contributed by atoms with Gasteiger partial charge in [0.2, 0.25) is 5.91 Å². The predicted molar refractivity (Wildman–Crippen MR) is 138 cm³/mol. The molecule has 1 atom stereocenters. The fraction of sp³-hybridized carbons (Fsp3) is 0.222. The molecule has 1 aromatic heterocycles. The number of carbonyl (C=O) groups excluding carboxylic acids is 1. The fourth-order valence-corrected chi connectivity index (χ4v) is 4.51. The molecule has 1 amide bonds. The third-order valence-corrected chi connectivity index (χ3v) is 6.60. The maximum atomic E-state index is 14.5. The number of para-hydroxylation sites is 1. The van der Waals surface area contributed by atoms with Crippen LogP contribution >= 0.6 is 11.8 Å². The average molecular weight is 490 g/mol. The molecule has 3 aromatic carbocycles. The standard InChI is InChI=1S/C27H28FN5OS/c1-32(2)22(17-20-11-5-3-6-12-20)18-29-25(34)19-35-27-31-30-26(23-15-9-10-16-24(23)28)33(27)21-13-7-4-8-14-21/h3-16,22H,17-19H2,1-2H3,(H,29,34)/t22-/m1/s1. The van der Waals surface area contributed by atoms with Crippen molar-refractivity contribution in [3.63, 3.8) is 0 Å². The van der Waals surface area contributed by atoms with E-state index < -0.39 is 0 Å². The number of nitrogens with one attached hydrogen (secondary N) is 1. The number of likely N-dealkylation sites (N-methyl/N-ethyl adjacent to an activating group) is 1. The number of nitrogens with zero attached hydrogens (tertiary/aromatic N) is 4. The maximum absolute atomic E-state index is 14.5. The first-order chi connectivity index (χ1) is 17.0. The molecule has 6 nitrogen and oxygen atoms in total. The predicted octanol–water partition coefficient (Wildman–Crippen LogP) is 4.45. The molecule has 0 unspecified atom stereocenters. The lowest BCUT2D eigenvalue weighted by atomic mass is 10.1. The Hall–Kier alpha value is -3.49. The van der Waals surface area contributed by atoms with E-state index in [-0.39, 0.29) is 23.5 Å². The summed E-state index contributed by atoms with van der Waals surface area (Å²) in [6.45, 7) is 0.535. The Balaban J connectivity index is 1.45. The Labute approximate surface area is 209 Å². The van der Waals surface area contributed by atoms with E-state index in [9.17, 15) is 9.18 Å². The molecule has 0 saturated carbocycles. The SMILES string of the molecule is CN(C)[C@@H](CNC(=O)CSc1nnc(-c2ccccc2F)n1-c1ccccc1)Cc1ccccc1. The number of hydrogen-bond acceptors (Lipinski definition) is 5. The molecule has 0 bridgehead atoms. The smallest absolute Gasteiger partial charge is 0.230 e. The van der Waals surface area contributed by atoms with Crippen LogP contribution in [-0.4, -0.2) is 58.0 Å². The van der Waals surface area contributed by atoms with Crippen molar-refractivity contribution in [2.45, 2.75) is 17.6 Å². The van der Waals surface area contributed by atoms with Gasteiger partial charge in [0.25, 0.3) is 0 Å². The lowest BCUT2D eigenvalue weighted by Crippen LogP contribution is -2.42. The van der Waals surface area contributed by atoms with Crippen LogP contribution < -0.4 is 5.32 Å². The minimum atomic E-state index is -0.375. The monoisotopic (exact) mass is 489 g/mol. The number of thioether (sulfide) groups is 1. The highest BCUT2D eigenvalue weighted by molar-refractivity contribution is 7.99. The van der Waals surface area contributed by atoms with Crippen LogP contribution in [0.15, 0.2) is 90.1 Å². The Morgan fingerprint density at radius 1 is 0.971 bits per heavy atom. The van der Waals surface area contributed by atoms with Gasteiger partial charge in [-0.1, -0.05) is 72.4 Å². The van der Waals surface area contributed by atoms with Gasteiger partial charge in [-0.2, -0.15) is 0 Å². The van der Waals surface area contributed by atoms with Crippen molar-refractivity contribution in [2.24, 2.45) is 0 Å². The number of halogens is 1. The summed E-state index contributed by atoms with van der Waals surface area (Å²) in [6.07, 6.45) is 0.843. The Bertz CT molecular complexity index is 1250. The van der Waals surface area contributed by atoms with Crippen molar-refractivity contribution < 1.29 is 9.18 Å². The molecule has 0 saturated heterocycles. The van der Waals surface area contributed by atoms with Gasteiger partial charge in [-0.05, 0) is 50.3 Å². The molecule has 1 N–H and O–H groups in total. The summed E-state index contributed by atoms with van der Waals surface area (Å²) in [5, 5.41) is 12.1. The molecule has 4 aromatic rings. The topological polar surface area (TPSA) is 63.1 Å². The second kappa shape index (κ2) is 11.8. The van der Waals surface area contributed by atoms with Crippen LogP contribution in [-0.2, 0) is 11.2 Å². The summed E-state index contributed by atoms with van der Waals surface area (Å²) in [6, 6.07) is 26.4. The van der Waals surface area contributed by atoms with E-state index in [1.54, 1.807) is 22.8 Å². The maximum Gasteiger partial charge on any atom is 0.230 e. The third-order valence-electron chi connectivity index (χ3n) is 5.67. The Morgan fingerprint density at radius 2 is 1.63 bits per heavy atom. The summed E-state index contributed by atoms with van der Waals surface area (Å²) in [5.74, 6) is 0.102. The minimum Gasteiger partial charge on any atom is -0.354 e. The lowest BCUT2D eigenvalue weighted by Gasteiger charge is -2.24. The first-order valence-electron chi connectivity index (χ1n) is 11.4. The quantitative estimate of drug-likeness (QED) is 0.334. The lowest BCUT2D eigenvalue weighted by molar-refractivity contribution is -0.118. The van der Waals surface area contributed by atoms with Crippen LogP contribution in [0.5, 0.6) is 0 Å². The van der Waals surface area contributed by atoms with Crippen molar-refractivity contribution in [2.75, 3.05) is 26.4 Å². The van der Waals surface area contributed by atoms with Crippen LogP contribution in [0.1, 0.15) is 5.56 Å². The van der Waals surface area contributed by atoms with E-state index in [0.29, 0.717) is 23.1 Å². The van der Waals surface area contributed by atoms with E-state index in [1.807, 2.05) is 62.6 Å². The summed E-state index contributed by atoms with van der Waals surface area (Å²) in [5.41, 5.74) is 2.38. The average Bonchev–Trinajstić information content (AvgIpc) is 3.30. The van der Waals surface area contributed by atoms with Crippen molar-refractivity contribution in [1.82, 2.24) is 25.0 Å². The second-order valence-electron chi connectivity index (χ2n) is 8.36. The van der Waals surface area contributed by atoms with Crippen LogP contribution in [0.2, 0.25) is 0 Å². The summed E-state index contributed by atoms with van der Waals surface area (Å²) in [4.78, 5) is 14.8. The Morgan fingerprint density at radius 3 is 2.31 bits per heavy atom. The second-order valence-corrected chi connectivity index (χ2v) is 9.30. The molecule has 0 aliphatic heterocycles. The van der Waals surface area contributed by atoms with Crippen molar-refractivity contribution >= 4 is 17.7 Å². The van der Waals surface area contributed by atoms with Crippen LogP contribution in [0, 0.1) is 5.82 Å². The highest BCUT2D eigenvalue weighted by atomic mass is 32.2. The zero-order valence-electron chi connectivity index (χ0n) is 19.8. The summed E-state index contributed by atoms with van der Waals surface area (Å²) < 4.78 is 16.3. The summed E-state index contributed by atoms with van der Waals surface area (Å²) in [7, 11) is 4.03. The highest BCUT2D eigenvalue weighted by Crippen LogP contribution is 2.29. The molecule has 35 heavy (non-hydrogen) atoms. The van der Waals surface area contributed by atoms with Crippen molar-refractivity contribution in [3.05, 3.63) is 96.3 Å². The van der Waals surface area contributed by atoms with E-state index >= 15 is 0 Å². The molecule has 8 heteroatoms. The molecule has 180 valence electrons. The molecule has 0 radical (unpaired) electrons. The number of amides is 1. The third kappa shape index (κ3) is 6.35. The van der Waals surface area contributed by atoms with E-state index in [1.165, 1.54) is 23.4 Å². The van der Waals surface area contributed by atoms with E-state index in [4.69, 9.17) is 0 Å². The molecular formula is C27H28FN5OS. The zero-order chi connectivity index (χ0) is 24.6. The van der Waals surface area contributed by atoms with Crippen molar-refractivity contribution in [3.8, 4) is 17.1 Å². The molecule has 0 aliphatic rings. The van der Waals surface area contributed by atoms with Gasteiger partial charge in [0.1, 0.15) is 5.82 Å². The van der Waals surface area contributed by atoms with Gasteiger partial charge in [0.15, 0.2) is 11.0 Å². The van der Waals surface area contributed by atoms with Crippen LogP contribution in [0.4, 0.5) is 4.39 Å². The molecule has 1 heterocycles. The van der Waals surface area contributed by atoms with Crippen LogP contribution in [0.3, 0.4) is 0 Å². The van der Waals surface area contributed by atoms with Gasteiger partial charge in [0, 0.05) is 18.3 Å². The number of aromatic nitrogens is 3. The number of benzene rings is 3. The number of carbonyl (C=O) groups is 1. The van der Waals surface area contributed by atoms with Gasteiger partial charge in [-0.25, -0.2) is 4.39 Å². The van der Waals surface area contributed by atoms with Gasteiger partial charge in [0.05, 0.1) is 11.3 Å². The zero-order valence-corrected chi connectivity index (χ0v) is 20.6. The van der Waals surface area contributed by atoms with Gasteiger partial charge >= 0.3 is 0 Å². The Kier molecular flexibility index (Phi) is 8.28. The summed E-state index contributed by atoms with van der Waals surface area (Å²) >= 11 is 1.28. The van der Waals surface area contributed by atoms with Gasteiger partial charge in [-0.3, -0.25) is 9.36 Å². The largest absolute Gasteiger partial charge is 0.354 e. The molecule has 0 aliphatic carbocycles. The first-order valence-corrected chi connectivity index (χ1v) is 12.4. The van der Waals surface area contributed by atoms with Gasteiger partial charge in [-0.15, -0.1) is 10.2 Å². The van der Waals surface area contributed by atoms with Crippen LogP contribution in [0.25, 0.3) is 17.1 Å². The number of hydrogen-bond donors (Lipinski definition) is 1. The first kappa shape index (κ1) is 24.6. The van der Waals surface area contributed by atoms with Crippen molar-refractivity contribution in [1.29, 1.82) is 0 Å². The van der Waals surface area contributed by atoms with Gasteiger partial charge < -0.3 is 10.2 Å². The molecule has 0 fully saturated rings. The molecular weight excluding hydrogens is 461 g/mol.